The molecular formula is C11H21N5O. The standard InChI is InChI=1S/C11H21N5O/c12-7-2-1-6-9(13)10-14-15-11(17)16(10)8-4-3-5-8/h8-9H,1-7,12-13H2,(H,15,17). The monoisotopic (exact) mass is 239 g/mol. The molecule has 1 fully saturated rings. The molecule has 0 spiro atoms. The molecule has 1 aliphatic rings. The van der Waals surface area contributed by atoms with Crippen molar-refractivity contribution in [2.75, 3.05) is 6.54 Å². The molecule has 6 heteroatoms. The first-order chi connectivity index (χ1) is 8.24. The van der Waals surface area contributed by atoms with Crippen molar-refractivity contribution >= 4 is 0 Å². The molecule has 0 bridgehead atoms. The fraction of sp³-hybridized carbons (Fsp3) is 0.818. The van der Waals surface area contributed by atoms with Crippen molar-refractivity contribution in [3.05, 3.63) is 16.3 Å². The number of hydrogen-bond acceptors (Lipinski definition) is 4. The molecule has 5 N–H and O–H groups in total. The highest BCUT2D eigenvalue weighted by molar-refractivity contribution is 4.98. The Morgan fingerprint density at radius 1 is 1.47 bits per heavy atom. The second-order valence-electron chi connectivity index (χ2n) is 4.73. The number of rotatable bonds is 6. The molecular weight excluding hydrogens is 218 g/mol. The summed E-state index contributed by atoms with van der Waals surface area (Å²) in [4.78, 5) is 11.7. The molecule has 96 valence electrons. The minimum Gasteiger partial charge on any atom is -0.330 e. The van der Waals surface area contributed by atoms with Crippen molar-refractivity contribution in [3.8, 4) is 0 Å². The highest BCUT2D eigenvalue weighted by Crippen LogP contribution is 2.32. The zero-order valence-electron chi connectivity index (χ0n) is 10.1. The van der Waals surface area contributed by atoms with E-state index in [1.807, 2.05) is 0 Å². The summed E-state index contributed by atoms with van der Waals surface area (Å²) >= 11 is 0. The molecule has 1 aromatic heterocycles. The zero-order chi connectivity index (χ0) is 12.3. The summed E-state index contributed by atoms with van der Waals surface area (Å²) in [7, 11) is 0. The Bertz CT molecular complexity index is 406. The number of H-pyrrole nitrogens is 1. The van der Waals surface area contributed by atoms with Gasteiger partial charge in [0.25, 0.3) is 0 Å². The van der Waals surface area contributed by atoms with E-state index in [1.165, 1.54) is 6.42 Å². The van der Waals surface area contributed by atoms with E-state index in [4.69, 9.17) is 11.5 Å². The van der Waals surface area contributed by atoms with Crippen molar-refractivity contribution in [2.24, 2.45) is 11.5 Å². The van der Waals surface area contributed by atoms with Crippen LogP contribution in [0.5, 0.6) is 0 Å². The molecule has 1 saturated carbocycles. The van der Waals surface area contributed by atoms with Gasteiger partial charge in [0, 0.05) is 6.04 Å². The molecule has 1 unspecified atom stereocenters. The van der Waals surface area contributed by atoms with Crippen LogP contribution in [0.2, 0.25) is 0 Å². The number of aromatic amines is 1. The lowest BCUT2D eigenvalue weighted by atomic mass is 9.92. The van der Waals surface area contributed by atoms with Gasteiger partial charge in [-0.2, -0.15) is 5.10 Å². The Hall–Kier alpha value is -1.14. The molecule has 1 aromatic rings. The van der Waals surface area contributed by atoms with E-state index in [2.05, 4.69) is 10.2 Å². The molecule has 17 heavy (non-hydrogen) atoms. The number of unbranched alkanes of at least 4 members (excludes halogenated alkanes) is 1. The van der Waals surface area contributed by atoms with E-state index in [9.17, 15) is 4.79 Å². The zero-order valence-corrected chi connectivity index (χ0v) is 10.1. The summed E-state index contributed by atoms with van der Waals surface area (Å²) in [6, 6.07) is 0.137. The fourth-order valence-corrected chi connectivity index (χ4v) is 2.21. The van der Waals surface area contributed by atoms with Crippen LogP contribution in [0.25, 0.3) is 0 Å². The molecule has 6 nitrogen and oxygen atoms in total. The highest BCUT2D eigenvalue weighted by Gasteiger charge is 2.26. The predicted molar refractivity (Wildman–Crippen MR) is 65.6 cm³/mol. The first-order valence-corrected chi connectivity index (χ1v) is 6.36. The second kappa shape index (κ2) is 5.46. The maximum absolute atomic E-state index is 11.7. The normalized spacial score (nSPS) is 18.0. The van der Waals surface area contributed by atoms with Crippen molar-refractivity contribution < 1.29 is 0 Å². The summed E-state index contributed by atoms with van der Waals surface area (Å²) in [5.41, 5.74) is 11.4. The molecule has 0 amide bonds. The second-order valence-corrected chi connectivity index (χ2v) is 4.73. The number of nitrogens with two attached hydrogens (primary N) is 2. The lowest BCUT2D eigenvalue weighted by molar-refractivity contribution is 0.293. The van der Waals surface area contributed by atoms with Gasteiger partial charge in [-0.05, 0) is 38.6 Å². The maximum Gasteiger partial charge on any atom is 0.343 e. The van der Waals surface area contributed by atoms with Crippen LogP contribution in [0.4, 0.5) is 0 Å². The van der Waals surface area contributed by atoms with E-state index in [0.29, 0.717) is 18.4 Å². The number of nitrogens with zero attached hydrogens (tertiary/aromatic N) is 2. The van der Waals surface area contributed by atoms with Crippen molar-refractivity contribution in [2.45, 2.75) is 50.6 Å². The fourth-order valence-electron chi connectivity index (χ4n) is 2.21. The van der Waals surface area contributed by atoms with Gasteiger partial charge in [-0.25, -0.2) is 9.89 Å². The molecule has 0 aliphatic heterocycles. The summed E-state index contributed by atoms with van der Waals surface area (Å²) in [6.45, 7) is 0.683. The summed E-state index contributed by atoms with van der Waals surface area (Å²) in [6.07, 6.45) is 6.07. The molecule has 1 aliphatic carbocycles. The van der Waals surface area contributed by atoms with Crippen LogP contribution < -0.4 is 17.2 Å². The van der Waals surface area contributed by atoms with E-state index in [-0.39, 0.29) is 11.7 Å². The molecule has 1 heterocycles. The third kappa shape index (κ3) is 2.58. The van der Waals surface area contributed by atoms with E-state index in [1.54, 1.807) is 4.57 Å². The van der Waals surface area contributed by atoms with Gasteiger partial charge in [-0.15, -0.1) is 0 Å². The number of nitrogens with one attached hydrogen (secondary N) is 1. The van der Waals surface area contributed by atoms with Gasteiger partial charge in [-0.1, -0.05) is 6.42 Å². The van der Waals surface area contributed by atoms with Gasteiger partial charge in [0.15, 0.2) is 5.82 Å². The van der Waals surface area contributed by atoms with Crippen LogP contribution in [0.1, 0.15) is 56.4 Å². The van der Waals surface area contributed by atoms with Crippen LogP contribution in [-0.4, -0.2) is 21.3 Å². The van der Waals surface area contributed by atoms with Gasteiger partial charge >= 0.3 is 5.69 Å². The number of aromatic nitrogens is 3. The minimum absolute atomic E-state index is 0.126. The van der Waals surface area contributed by atoms with Crippen molar-refractivity contribution in [1.29, 1.82) is 0 Å². The Labute approximate surface area is 100 Å². The molecule has 1 atom stereocenters. The van der Waals surface area contributed by atoms with Gasteiger partial charge in [0.05, 0.1) is 6.04 Å². The highest BCUT2D eigenvalue weighted by atomic mass is 16.1. The predicted octanol–water partition coefficient (Wildman–Crippen LogP) is 0.425. The topological polar surface area (TPSA) is 103 Å². The van der Waals surface area contributed by atoms with Crippen LogP contribution in [-0.2, 0) is 0 Å². The Balaban J connectivity index is 2.06. The largest absolute Gasteiger partial charge is 0.343 e. The van der Waals surface area contributed by atoms with Gasteiger partial charge in [0.1, 0.15) is 0 Å². The Kier molecular flexibility index (Phi) is 3.96. The van der Waals surface area contributed by atoms with Crippen molar-refractivity contribution in [3.63, 3.8) is 0 Å². The minimum atomic E-state index is -0.166. The molecule has 0 aromatic carbocycles. The van der Waals surface area contributed by atoms with Crippen LogP contribution in [0, 0.1) is 0 Å². The first kappa shape index (κ1) is 12.3. The van der Waals surface area contributed by atoms with Gasteiger partial charge in [-0.3, -0.25) is 4.57 Å². The van der Waals surface area contributed by atoms with Gasteiger partial charge < -0.3 is 11.5 Å². The lowest BCUT2D eigenvalue weighted by Gasteiger charge is -2.28. The molecule has 0 radical (unpaired) electrons. The van der Waals surface area contributed by atoms with E-state index >= 15 is 0 Å². The Morgan fingerprint density at radius 2 is 2.24 bits per heavy atom. The average molecular weight is 239 g/mol. The SMILES string of the molecule is NCCCCC(N)c1n[nH]c(=O)n1C1CCC1. The third-order valence-corrected chi connectivity index (χ3v) is 3.47. The first-order valence-electron chi connectivity index (χ1n) is 6.36. The van der Waals surface area contributed by atoms with Crippen molar-refractivity contribution in [1.82, 2.24) is 14.8 Å². The summed E-state index contributed by atoms with van der Waals surface area (Å²) in [5.74, 6) is 0.705. The molecule has 2 rings (SSSR count). The lowest BCUT2D eigenvalue weighted by Crippen LogP contribution is -2.30. The molecule has 0 saturated heterocycles. The van der Waals surface area contributed by atoms with Crippen LogP contribution in [0.15, 0.2) is 4.79 Å². The van der Waals surface area contributed by atoms with E-state index in [0.717, 1.165) is 32.1 Å². The average Bonchev–Trinajstić information content (AvgIpc) is 2.59. The Morgan fingerprint density at radius 3 is 2.82 bits per heavy atom. The summed E-state index contributed by atoms with van der Waals surface area (Å²) < 4.78 is 1.75. The van der Waals surface area contributed by atoms with Crippen LogP contribution >= 0.6 is 0 Å². The maximum atomic E-state index is 11.7. The third-order valence-electron chi connectivity index (χ3n) is 3.47. The van der Waals surface area contributed by atoms with Crippen LogP contribution in [0.3, 0.4) is 0 Å². The smallest absolute Gasteiger partial charge is 0.330 e. The number of hydrogen-bond donors (Lipinski definition) is 3. The quantitative estimate of drug-likeness (QED) is 0.626. The summed E-state index contributed by atoms with van der Waals surface area (Å²) in [5, 5.41) is 6.58. The van der Waals surface area contributed by atoms with E-state index < -0.39 is 0 Å². The van der Waals surface area contributed by atoms with Gasteiger partial charge in [0.2, 0.25) is 0 Å².